The second-order valence-electron chi connectivity index (χ2n) is 3.80. The largest absolute Gasteiger partial charge is 0.366 e. The average Bonchev–Trinajstić information content (AvgIpc) is 2.28. The van der Waals surface area contributed by atoms with Gasteiger partial charge in [0.15, 0.2) is 0 Å². The van der Waals surface area contributed by atoms with Crippen LogP contribution in [0.2, 0.25) is 0 Å². The van der Waals surface area contributed by atoms with E-state index in [9.17, 15) is 9.59 Å². The van der Waals surface area contributed by atoms with Crippen LogP contribution in [0.5, 0.6) is 0 Å². The number of nitrogens with two attached hydrogens (primary N) is 1. The molecule has 1 aromatic carbocycles. The van der Waals surface area contributed by atoms with Crippen LogP contribution < -0.4 is 16.4 Å². The highest BCUT2D eigenvalue weighted by Crippen LogP contribution is 2.16. The minimum atomic E-state index is -0.471. The van der Waals surface area contributed by atoms with Gasteiger partial charge < -0.3 is 16.4 Å². The number of carbonyl (C=O) groups is 2. The Balaban J connectivity index is 2.72. The lowest BCUT2D eigenvalue weighted by molar-refractivity contribution is -0.116. The lowest BCUT2D eigenvalue weighted by Gasteiger charge is -2.09. The molecule has 0 aromatic heterocycles. The Morgan fingerprint density at radius 3 is 2.59 bits per heavy atom. The number of carbonyl (C=O) groups excluding carboxylic acids is 2. The molecule has 4 N–H and O–H groups in total. The summed E-state index contributed by atoms with van der Waals surface area (Å²) in [5.74, 6) is -0.532. The van der Waals surface area contributed by atoms with E-state index in [2.05, 4.69) is 10.6 Å². The fourth-order valence-corrected chi connectivity index (χ4v) is 1.41. The predicted molar refractivity (Wildman–Crippen MR) is 66.9 cm³/mol. The van der Waals surface area contributed by atoms with Crippen molar-refractivity contribution < 1.29 is 9.59 Å². The van der Waals surface area contributed by atoms with Gasteiger partial charge in [0.05, 0.1) is 0 Å². The second-order valence-corrected chi connectivity index (χ2v) is 3.80. The lowest BCUT2D eigenvalue weighted by Crippen LogP contribution is -2.19. The first-order chi connectivity index (χ1) is 8.04. The van der Waals surface area contributed by atoms with Gasteiger partial charge in [-0.05, 0) is 37.7 Å². The molecule has 0 unspecified atom stereocenters. The Hall–Kier alpha value is -1.88. The molecule has 0 bridgehead atoms. The molecule has 0 radical (unpaired) electrons. The van der Waals surface area contributed by atoms with Crippen molar-refractivity contribution >= 4 is 17.5 Å². The zero-order chi connectivity index (χ0) is 12.8. The number of aryl methyl sites for hydroxylation is 1. The van der Waals surface area contributed by atoms with Crippen molar-refractivity contribution in [3.8, 4) is 0 Å². The predicted octanol–water partition coefficient (Wildman–Crippen LogP) is 0.642. The quantitative estimate of drug-likeness (QED) is 0.700. The number of primary amides is 1. The molecule has 0 heterocycles. The summed E-state index contributed by atoms with van der Waals surface area (Å²) < 4.78 is 0. The molecule has 0 saturated carbocycles. The molecular weight excluding hydrogens is 218 g/mol. The maximum Gasteiger partial charge on any atom is 0.248 e. The van der Waals surface area contributed by atoms with Gasteiger partial charge in [-0.3, -0.25) is 9.59 Å². The molecule has 2 amide bonds. The van der Waals surface area contributed by atoms with Crippen molar-refractivity contribution in [2.75, 3.05) is 18.9 Å². The fraction of sp³-hybridized carbons (Fsp3) is 0.333. The summed E-state index contributed by atoms with van der Waals surface area (Å²) in [6.45, 7) is 2.45. The first-order valence-electron chi connectivity index (χ1n) is 5.39. The van der Waals surface area contributed by atoms with Crippen molar-refractivity contribution in [2.45, 2.75) is 13.3 Å². The zero-order valence-electron chi connectivity index (χ0n) is 10.0. The summed E-state index contributed by atoms with van der Waals surface area (Å²) in [5, 5.41) is 5.68. The number of anilines is 1. The van der Waals surface area contributed by atoms with Gasteiger partial charge in [0, 0.05) is 24.2 Å². The van der Waals surface area contributed by atoms with Crippen LogP contribution >= 0.6 is 0 Å². The summed E-state index contributed by atoms with van der Waals surface area (Å²) in [6.07, 6.45) is 0.410. The normalized spacial score (nSPS) is 10.0. The first kappa shape index (κ1) is 13.2. The molecule has 1 rings (SSSR count). The molecule has 92 valence electrons. The van der Waals surface area contributed by atoms with Crippen LogP contribution in [0.25, 0.3) is 0 Å². The highest BCUT2D eigenvalue weighted by molar-refractivity contribution is 5.95. The minimum Gasteiger partial charge on any atom is -0.366 e. The highest BCUT2D eigenvalue weighted by Gasteiger charge is 2.06. The van der Waals surface area contributed by atoms with E-state index >= 15 is 0 Å². The van der Waals surface area contributed by atoms with Gasteiger partial charge in [-0.25, -0.2) is 0 Å². The summed E-state index contributed by atoms with van der Waals surface area (Å²) in [6, 6.07) is 4.95. The summed E-state index contributed by atoms with van der Waals surface area (Å²) in [7, 11) is 1.79. The third-order valence-electron chi connectivity index (χ3n) is 2.39. The molecule has 0 aliphatic heterocycles. The molecule has 0 saturated heterocycles. The zero-order valence-corrected chi connectivity index (χ0v) is 10.0. The molecule has 0 fully saturated rings. The van der Waals surface area contributed by atoms with Gasteiger partial charge in [0.1, 0.15) is 0 Å². The van der Waals surface area contributed by atoms with Crippen molar-refractivity contribution in [3.63, 3.8) is 0 Å². The Bertz CT molecular complexity index is 430. The molecule has 0 aliphatic carbocycles. The van der Waals surface area contributed by atoms with Crippen LogP contribution in [0.15, 0.2) is 18.2 Å². The molecule has 1 aromatic rings. The Morgan fingerprint density at radius 1 is 1.35 bits per heavy atom. The summed E-state index contributed by atoms with van der Waals surface area (Å²) in [5.41, 5.74) is 7.13. The third kappa shape index (κ3) is 3.88. The molecule has 0 spiro atoms. The van der Waals surface area contributed by atoms with E-state index in [0.29, 0.717) is 24.2 Å². The van der Waals surface area contributed by atoms with E-state index in [1.165, 1.54) is 0 Å². The summed E-state index contributed by atoms with van der Waals surface area (Å²) >= 11 is 0. The molecule has 0 atom stereocenters. The summed E-state index contributed by atoms with van der Waals surface area (Å²) in [4.78, 5) is 22.5. The van der Waals surface area contributed by atoms with E-state index < -0.39 is 5.91 Å². The van der Waals surface area contributed by atoms with Crippen molar-refractivity contribution in [2.24, 2.45) is 5.73 Å². The SMILES string of the molecule is CNCCC(=O)Nc1ccc(C(N)=O)cc1C. The van der Waals surface area contributed by atoms with Gasteiger partial charge in [0.25, 0.3) is 0 Å². The standard InChI is InChI=1S/C12H17N3O2/c1-8-7-9(12(13)17)3-4-10(8)15-11(16)5-6-14-2/h3-4,7,14H,5-6H2,1-2H3,(H2,13,17)(H,15,16). The maximum absolute atomic E-state index is 11.5. The maximum atomic E-state index is 11.5. The monoisotopic (exact) mass is 235 g/mol. The molecular formula is C12H17N3O2. The van der Waals surface area contributed by atoms with Gasteiger partial charge in [0.2, 0.25) is 11.8 Å². The fourth-order valence-electron chi connectivity index (χ4n) is 1.41. The van der Waals surface area contributed by atoms with Gasteiger partial charge in [-0.2, -0.15) is 0 Å². The van der Waals surface area contributed by atoms with Crippen LogP contribution in [0.4, 0.5) is 5.69 Å². The Kier molecular flexibility index (Phi) is 4.66. The van der Waals surface area contributed by atoms with Gasteiger partial charge in [-0.1, -0.05) is 0 Å². The number of nitrogens with one attached hydrogen (secondary N) is 2. The number of benzene rings is 1. The number of rotatable bonds is 5. The van der Waals surface area contributed by atoms with E-state index in [-0.39, 0.29) is 5.91 Å². The van der Waals surface area contributed by atoms with Crippen LogP contribution in [0, 0.1) is 6.92 Å². The lowest BCUT2D eigenvalue weighted by atomic mass is 10.1. The van der Waals surface area contributed by atoms with E-state index in [1.54, 1.807) is 25.2 Å². The van der Waals surface area contributed by atoms with E-state index in [4.69, 9.17) is 5.73 Å². The molecule has 0 aliphatic rings. The van der Waals surface area contributed by atoms with E-state index in [0.717, 1.165) is 5.56 Å². The molecule has 17 heavy (non-hydrogen) atoms. The topological polar surface area (TPSA) is 84.2 Å². The third-order valence-corrected chi connectivity index (χ3v) is 2.39. The van der Waals surface area contributed by atoms with Gasteiger partial charge in [-0.15, -0.1) is 0 Å². The van der Waals surface area contributed by atoms with Crippen LogP contribution in [0.3, 0.4) is 0 Å². The average molecular weight is 235 g/mol. The Labute approximate surface area is 100 Å². The minimum absolute atomic E-state index is 0.0609. The van der Waals surface area contributed by atoms with Crippen LogP contribution in [-0.2, 0) is 4.79 Å². The van der Waals surface area contributed by atoms with Crippen molar-refractivity contribution in [1.82, 2.24) is 5.32 Å². The van der Waals surface area contributed by atoms with Crippen molar-refractivity contribution in [1.29, 1.82) is 0 Å². The number of hydrogen-bond acceptors (Lipinski definition) is 3. The van der Waals surface area contributed by atoms with Crippen molar-refractivity contribution in [3.05, 3.63) is 29.3 Å². The smallest absolute Gasteiger partial charge is 0.248 e. The Morgan fingerprint density at radius 2 is 2.06 bits per heavy atom. The highest BCUT2D eigenvalue weighted by atomic mass is 16.2. The van der Waals surface area contributed by atoms with E-state index in [1.807, 2.05) is 6.92 Å². The number of amides is 2. The second kappa shape index (κ2) is 6.00. The van der Waals surface area contributed by atoms with Crippen LogP contribution in [0.1, 0.15) is 22.3 Å². The molecule has 5 nitrogen and oxygen atoms in total. The first-order valence-corrected chi connectivity index (χ1v) is 5.39. The van der Waals surface area contributed by atoms with Crippen LogP contribution in [-0.4, -0.2) is 25.4 Å². The molecule has 5 heteroatoms. The van der Waals surface area contributed by atoms with Gasteiger partial charge >= 0.3 is 0 Å². The number of hydrogen-bond donors (Lipinski definition) is 3.